The number of benzene rings is 1. The number of carboxylic acid groups (broad SMARTS) is 1. The fraction of sp³-hybridized carbons (Fsp3) is 0.647. The van der Waals surface area contributed by atoms with Crippen molar-refractivity contribution in [3.8, 4) is 5.75 Å². The number of hydrogen-bond acceptors (Lipinski definition) is 8. The van der Waals surface area contributed by atoms with Crippen LogP contribution in [0.15, 0.2) is 24.4 Å². The molecule has 1 aromatic carbocycles. The summed E-state index contributed by atoms with van der Waals surface area (Å²) in [6.45, 7) is 3.30. The number of nitrogens with one attached hydrogen (secondary N) is 1. The Morgan fingerprint density at radius 2 is 1.86 bits per heavy atom. The maximum absolute atomic E-state index is 15.2. The van der Waals surface area contributed by atoms with Crippen molar-refractivity contribution in [3.05, 3.63) is 41.2 Å². The van der Waals surface area contributed by atoms with Gasteiger partial charge in [0.2, 0.25) is 5.95 Å². The third-order valence-corrected chi connectivity index (χ3v) is 11.1. The quantitative estimate of drug-likeness (QED) is 0.350. The van der Waals surface area contributed by atoms with E-state index in [9.17, 15) is 27.9 Å². The zero-order valence-corrected chi connectivity index (χ0v) is 27.4. The fourth-order valence-electron chi connectivity index (χ4n) is 8.94. The lowest BCUT2D eigenvalue weighted by Crippen LogP contribution is -2.57. The largest absolute Gasteiger partial charge is 0.488 e. The van der Waals surface area contributed by atoms with Crippen LogP contribution in [0.1, 0.15) is 74.0 Å². The van der Waals surface area contributed by atoms with Gasteiger partial charge in [-0.15, -0.1) is 0 Å². The smallest absolute Gasteiger partial charge is 0.401 e. The molecule has 4 fully saturated rings. The van der Waals surface area contributed by atoms with Crippen molar-refractivity contribution in [1.29, 1.82) is 0 Å². The van der Waals surface area contributed by atoms with Gasteiger partial charge in [0.25, 0.3) is 11.8 Å². The predicted molar refractivity (Wildman–Crippen MR) is 166 cm³/mol. The van der Waals surface area contributed by atoms with E-state index in [-0.39, 0.29) is 37.3 Å². The summed E-state index contributed by atoms with van der Waals surface area (Å²) in [4.78, 5) is 38.0. The molecule has 2 aliphatic carbocycles. The summed E-state index contributed by atoms with van der Waals surface area (Å²) in [5, 5.41) is 13.0. The molecule has 1 amide bonds. The van der Waals surface area contributed by atoms with Gasteiger partial charge in [0.1, 0.15) is 23.1 Å². The standard InChI is InChI=1S/C34H40F5N5O5/c1-19-9-20-11-21(10-19)33(13-20,29(46)47)42-28(45)24-14-40-30(41-27(24)31(2,35)36)44-17-32(5-7-48-8-6-32)25-12-22(3-4-26(25)44)49-23-15-43(16-23)18-34(37,38)39/h3-4,12,14,19-21,23H,5-11,13,15-18H2,1-2H3,(H,42,45)(H,46,47). The molecule has 15 heteroatoms. The number of carbonyl (C=O) groups is 2. The highest BCUT2D eigenvalue weighted by Gasteiger charge is 2.56. The number of fused-ring (bicyclic) bond motifs is 4. The Kier molecular flexibility index (Phi) is 8.32. The van der Waals surface area contributed by atoms with Gasteiger partial charge < -0.3 is 24.8 Å². The van der Waals surface area contributed by atoms with E-state index in [2.05, 4.69) is 22.2 Å². The van der Waals surface area contributed by atoms with Crippen LogP contribution in [0.5, 0.6) is 5.75 Å². The van der Waals surface area contributed by atoms with E-state index in [1.54, 1.807) is 17.0 Å². The van der Waals surface area contributed by atoms with E-state index in [1.165, 1.54) is 4.90 Å². The van der Waals surface area contributed by atoms with Gasteiger partial charge in [0.05, 0.1) is 12.1 Å². The van der Waals surface area contributed by atoms with Gasteiger partial charge in [-0.2, -0.15) is 22.0 Å². The van der Waals surface area contributed by atoms with Crippen molar-refractivity contribution in [1.82, 2.24) is 20.2 Å². The van der Waals surface area contributed by atoms with Crippen molar-refractivity contribution >= 4 is 23.5 Å². The number of carbonyl (C=O) groups excluding carboxylic acids is 1. The summed E-state index contributed by atoms with van der Waals surface area (Å²) in [7, 11) is 0. The Morgan fingerprint density at radius 1 is 1.12 bits per heavy atom. The second-order valence-corrected chi connectivity index (χ2v) is 14.8. The molecule has 3 aliphatic heterocycles. The monoisotopic (exact) mass is 693 g/mol. The highest BCUT2D eigenvalue weighted by molar-refractivity contribution is 5.99. The molecule has 2 saturated carbocycles. The highest BCUT2D eigenvalue weighted by atomic mass is 19.4. The minimum absolute atomic E-state index is 0.0355. The van der Waals surface area contributed by atoms with Crippen molar-refractivity contribution in [2.45, 2.75) is 81.5 Å². The van der Waals surface area contributed by atoms with Crippen LogP contribution < -0.4 is 15.0 Å². The number of likely N-dealkylation sites (tertiary alicyclic amines) is 1. The van der Waals surface area contributed by atoms with Gasteiger partial charge in [0, 0.05) is 57.1 Å². The number of halogens is 5. The Bertz CT molecular complexity index is 1620. The molecule has 2 N–H and O–H groups in total. The summed E-state index contributed by atoms with van der Waals surface area (Å²) in [5.41, 5.74) is -1.73. The molecule has 266 valence electrons. The zero-order valence-electron chi connectivity index (χ0n) is 27.4. The molecule has 1 aromatic heterocycles. The van der Waals surface area contributed by atoms with Crippen LogP contribution in [0.2, 0.25) is 0 Å². The Morgan fingerprint density at radius 3 is 2.53 bits per heavy atom. The molecule has 2 bridgehead atoms. The van der Waals surface area contributed by atoms with Crippen molar-refractivity contribution in [2.75, 3.05) is 44.3 Å². The van der Waals surface area contributed by atoms with Gasteiger partial charge in [-0.1, -0.05) is 6.92 Å². The third kappa shape index (κ3) is 6.32. The predicted octanol–water partition coefficient (Wildman–Crippen LogP) is 5.42. The van der Waals surface area contributed by atoms with E-state index < -0.39 is 58.8 Å². The first-order valence-electron chi connectivity index (χ1n) is 16.8. The molecule has 2 aromatic rings. The SMILES string of the molecule is CC1CC2CC(C1)C(NC(=O)c1cnc(N3CC4(CCOCC4)c4cc(OC5CN(CC(F)(F)F)C5)ccc43)nc1C(C)(F)F)(C(=O)O)C2. The van der Waals surface area contributed by atoms with Gasteiger partial charge >= 0.3 is 12.1 Å². The summed E-state index contributed by atoms with van der Waals surface area (Å²) in [6, 6.07) is 5.32. The minimum atomic E-state index is -4.28. The lowest BCUT2D eigenvalue weighted by molar-refractivity contribution is -0.162. The topological polar surface area (TPSA) is 117 Å². The van der Waals surface area contributed by atoms with E-state index >= 15 is 8.78 Å². The fourth-order valence-corrected chi connectivity index (χ4v) is 8.94. The molecule has 4 atom stereocenters. The zero-order chi connectivity index (χ0) is 34.9. The molecule has 49 heavy (non-hydrogen) atoms. The molecule has 4 unspecified atom stereocenters. The second kappa shape index (κ2) is 12.0. The van der Waals surface area contributed by atoms with Crippen molar-refractivity contribution < 1.29 is 46.1 Å². The Hall–Kier alpha value is -3.59. The van der Waals surface area contributed by atoms with Crippen LogP contribution in [0.25, 0.3) is 0 Å². The van der Waals surface area contributed by atoms with Gasteiger partial charge in [-0.05, 0) is 80.0 Å². The number of amides is 1. The maximum atomic E-state index is 15.2. The summed E-state index contributed by atoms with van der Waals surface area (Å²) < 4.78 is 80.4. The van der Waals surface area contributed by atoms with E-state index in [4.69, 9.17) is 9.47 Å². The third-order valence-electron chi connectivity index (χ3n) is 11.1. The van der Waals surface area contributed by atoms with Crippen LogP contribution in [-0.4, -0.2) is 89.1 Å². The minimum Gasteiger partial charge on any atom is -0.488 e. The lowest BCUT2D eigenvalue weighted by Gasteiger charge is -2.39. The van der Waals surface area contributed by atoms with Gasteiger partial charge in [-0.25, -0.2) is 14.8 Å². The van der Waals surface area contributed by atoms with E-state index in [1.807, 2.05) is 6.07 Å². The van der Waals surface area contributed by atoms with Crippen LogP contribution in [-0.2, 0) is 20.9 Å². The summed E-state index contributed by atoms with van der Waals surface area (Å²) in [6.07, 6.45) is 0.0139. The van der Waals surface area contributed by atoms with Gasteiger partial charge in [-0.3, -0.25) is 9.69 Å². The average Bonchev–Trinajstić information content (AvgIpc) is 3.45. The number of hydrogen-bond donors (Lipinski definition) is 2. The van der Waals surface area contributed by atoms with Crippen molar-refractivity contribution in [3.63, 3.8) is 0 Å². The van der Waals surface area contributed by atoms with Gasteiger partial charge in [0.15, 0.2) is 0 Å². The number of carboxylic acids is 1. The lowest BCUT2D eigenvalue weighted by atomic mass is 9.76. The highest BCUT2D eigenvalue weighted by Crippen LogP contribution is 2.52. The molecule has 7 rings (SSSR count). The molecule has 2 saturated heterocycles. The number of alkyl halides is 5. The first-order chi connectivity index (χ1) is 23.1. The first kappa shape index (κ1) is 33.9. The van der Waals surface area contributed by atoms with Crippen LogP contribution in [0, 0.1) is 17.8 Å². The van der Waals surface area contributed by atoms with Crippen LogP contribution in [0.3, 0.4) is 0 Å². The van der Waals surface area contributed by atoms with Crippen LogP contribution in [0.4, 0.5) is 33.6 Å². The first-order valence-corrected chi connectivity index (χ1v) is 16.8. The van der Waals surface area contributed by atoms with Crippen molar-refractivity contribution in [2.24, 2.45) is 17.8 Å². The number of aromatic nitrogens is 2. The number of anilines is 2. The number of aliphatic carboxylic acids is 1. The second-order valence-electron chi connectivity index (χ2n) is 14.8. The molecule has 4 heterocycles. The van der Waals surface area contributed by atoms with E-state index in [0.717, 1.165) is 18.2 Å². The molecule has 0 radical (unpaired) electrons. The van der Waals surface area contributed by atoms with E-state index in [0.29, 0.717) is 69.7 Å². The summed E-state index contributed by atoms with van der Waals surface area (Å²) >= 11 is 0. The molecule has 5 aliphatic rings. The number of nitrogens with zero attached hydrogens (tertiary/aromatic N) is 4. The Labute approximate surface area is 280 Å². The maximum Gasteiger partial charge on any atom is 0.401 e. The number of ether oxygens (including phenoxy) is 2. The molecule has 1 spiro atoms. The average molecular weight is 694 g/mol. The molecule has 10 nitrogen and oxygen atoms in total. The van der Waals surface area contributed by atoms with Crippen LogP contribution >= 0.6 is 0 Å². The molecular formula is C34H40F5N5O5. The number of rotatable bonds is 8. The Balaban J connectivity index is 1.17. The molecular weight excluding hydrogens is 653 g/mol. The normalized spacial score (nSPS) is 28.3. The summed E-state index contributed by atoms with van der Waals surface area (Å²) in [5.74, 6) is -5.08.